The third-order valence-corrected chi connectivity index (χ3v) is 2.91. The maximum atomic E-state index is 11.4. The van der Waals surface area contributed by atoms with Crippen molar-refractivity contribution in [1.29, 1.82) is 0 Å². The Hall–Kier alpha value is -1.75. The first kappa shape index (κ1) is 10.8. The van der Waals surface area contributed by atoms with Crippen LogP contribution in [-0.2, 0) is 11.2 Å². The van der Waals surface area contributed by atoms with Crippen LogP contribution in [0.2, 0.25) is 0 Å². The summed E-state index contributed by atoms with van der Waals surface area (Å²) in [7, 11) is 0. The Kier molecular flexibility index (Phi) is 3.26. The SMILES string of the molecule is CC#CC(=O)NC1CCCc2ccccc21. The van der Waals surface area contributed by atoms with Gasteiger partial charge >= 0.3 is 0 Å². The van der Waals surface area contributed by atoms with Gasteiger partial charge in [-0.3, -0.25) is 4.79 Å². The first-order valence-corrected chi connectivity index (χ1v) is 5.62. The number of amides is 1. The van der Waals surface area contributed by atoms with E-state index in [4.69, 9.17) is 0 Å². The van der Waals surface area contributed by atoms with E-state index in [1.54, 1.807) is 6.92 Å². The molecule has 1 aromatic carbocycles. The number of carbonyl (C=O) groups excluding carboxylic acids is 1. The van der Waals surface area contributed by atoms with Gasteiger partial charge in [-0.05, 0) is 43.2 Å². The van der Waals surface area contributed by atoms with Gasteiger partial charge in [-0.1, -0.05) is 30.2 Å². The van der Waals surface area contributed by atoms with E-state index in [9.17, 15) is 4.79 Å². The van der Waals surface area contributed by atoms with E-state index >= 15 is 0 Å². The molecule has 2 rings (SSSR count). The van der Waals surface area contributed by atoms with Gasteiger partial charge in [0.2, 0.25) is 0 Å². The van der Waals surface area contributed by atoms with Crippen molar-refractivity contribution in [1.82, 2.24) is 5.32 Å². The molecule has 16 heavy (non-hydrogen) atoms. The van der Waals surface area contributed by atoms with Crippen LogP contribution >= 0.6 is 0 Å². The highest BCUT2D eigenvalue weighted by atomic mass is 16.1. The van der Waals surface area contributed by atoms with Crippen LogP contribution in [0.15, 0.2) is 24.3 Å². The summed E-state index contributed by atoms with van der Waals surface area (Å²) in [5, 5.41) is 2.96. The minimum absolute atomic E-state index is 0.137. The number of nitrogens with one attached hydrogen (secondary N) is 1. The first-order valence-electron chi connectivity index (χ1n) is 5.62. The maximum absolute atomic E-state index is 11.4. The summed E-state index contributed by atoms with van der Waals surface area (Å²) >= 11 is 0. The lowest BCUT2D eigenvalue weighted by Gasteiger charge is -2.25. The standard InChI is InChI=1S/C14H15NO/c1-2-6-14(16)15-13-10-5-8-11-7-3-4-9-12(11)13/h3-4,7,9,13H,5,8,10H2,1H3,(H,15,16). The van der Waals surface area contributed by atoms with E-state index in [2.05, 4.69) is 35.4 Å². The summed E-state index contributed by atoms with van der Waals surface area (Å²) in [6.07, 6.45) is 3.25. The minimum Gasteiger partial charge on any atom is -0.338 e. The zero-order valence-corrected chi connectivity index (χ0v) is 9.42. The van der Waals surface area contributed by atoms with E-state index in [-0.39, 0.29) is 11.9 Å². The lowest BCUT2D eigenvalue weighted by atomic mass is 9.88. The number of aryl methyl sites for hydroxylation is 1. The third kappa shape index (κ3) is 2.25. The Labute approximate surface area is 96.1 Å². The van der Waals surface area contributed by atoms with Crippen molar-refractivity contribution in [3.8, 4) is 11.8 Å². The van der Waals surface area contributed by atoms with Crippen LogP contribution in [0.1, 0.15) is 36.9 Å². The zero-order valence-electron chi connectivity index (χ0n) is 9.42. The molecule has 0 saturated carbocycles. The fraction of sp³-hybridized carbons (Fsp3) is 0.357. The number of rotatable bonds is 1. The fourth-order valence-corrected chi connectivity index (χ4v) is 2.21. The van der Waals surface area contributed by atoms with E-state index in [1.165, 1.54) is 11.1 Å². The normalized spacial score (nSPS) is 17.9. The second-order valence-electron chi connectivity index (χ2n) is 3.99. The molecule has 0 aliphatic heterocycles. The lowest BCUT2D eigenvalue weighted by Crippen LogP contribution is -2.29. The van der Waals surface area contributed by atoms with Crippen molar-refractivity contribution in [3.63, 3.8) is 0 Å². The molecule has 1 N–H and O–H groups in total. The maximum Gasteiger partial charge on any atom is 0.296 e. The van der Waals surface area contributed by atoms with Crippen molar-refractivity contribution in [3.05, 3.63) is 35.4 Å². The van der Waals surface area contributed by atoms with Gasteiger partial charge in [0.25, 0.3) is 5.91 Å². The Morgan fingerprint density at radius 2 is 2.25 bits per heavy atom. The number of fused-ring (bicyclic) bond motifs is 1. The predicted molar refractivity (Wildman–Crippen MR) is 63.7 cm³/mol. The highest BCUT2D eigenvalue weighted by Gasteiger charge is 2.20. The molecule has 2 heteroatoms. The second kappa shape index (κ2) is 4.85. The third-order valence-electron chi connectivity index (χ3n) is 2.91. The van der Waals surface area contributed by atoms with Crippen LogP contribution in [0, 0.1) is 11.8 Å². The molecule has 2 nitrogen and oxygen atoms in total. The molecule has 0 heterocycles. The number of hydrogen-bond donors (Lipinski definition) is 1. The van der Waals surface area contributed by atoms with Gasteiger partial charge in [0.15, 0.2) is 0 Å². The molecule has 1 atom stereocenters. The molecule has 0 aromatic heterocycles. The summed E-state index contributed by atoms with van der Waals surface area (Å²) in [6.45, 7) is 1.67. The Balaban J connectivity index is 2.18. The van der Waals surface area contributed by atoms with E-state index < -0.39 is 0 Å². The minimum atomic E-state index is -0.177. The molecular weight excluding hydrogens is 198 g/mol. The topological polar surface area (TPSA) is 29.1 Å². The fourth-order valence-electron chi connectivity index (χ4n) is 2.21. The Morgan fingerprint density at radius 1 is 1.44 bits per heavy atom. The number of benzene rings is 1. The van der Waals surface area contributed by atoms with Gasteiger partial charge in [0.1, 0.15) is 0 Å². The van der Waals surface area contributed by atoms with Crippen molar-refractivity contribution >= 4 is 5.91 Å². The van der Waals surface area contributed by atoms with Gasteiger partial charge in [-0.15, -0.1) is 0 Å². The smallest absolute Gasteiger partial charge is 0.296 e. The summed E-state index contributed by atoms with van der Waals surface area (Å²) in [4.78, 5) is 11.4. The Bertz CT molecular complexity index is 453. The average Bonchev–Trinajstić information content (AvgIpc) is 2.30. The molecule has 1 aliphatic rings. The predicted octanol–water partition coefficient (Wildman–Crippen LogP) is 2.20. The molecule has 0 fully saturated rings. The highest BCUT2D eigenvalue weighted by molar-refractivity contribution is 5.93. The van der Waals surface area contributed by atoms with Crippen LogP contribution in [-0.4, -0.2) is 5.91 Å². The van der Waals surface area contributed by atoms with Crippen molar-refractivity contribution in [2.45, 2.75) is 32.2 Å². The second-order valence-corrected chi connectivity index (χ2v) is 3.99. The van der Waals surface area contributed by atoms with Crippen LogP contribution < -0.4 is 5.32 Å². The largest absolute Gasteiger partial charge is 0.338 e. The molecule has 1 amide bonds. The van der Waals surface area contributed by atoms with Crippen molar-refractivity contribution in [2.75, 3.05) is 0 Å². The van der Waals surface area contributed by atoms with Gasteiger partial charge in [-0.2, -0.15) is 0 Å². The molecule has 0 bridgehead atoms. The summed E-state index contributed by atoms with van der Waals surface area (Å²) < 4.78 is 0. The van der Waals surface area contributed by atoms with Gasteiger partial charge in [0, 0.05) is 0 Å². The quantitative estimate of drug-likeness (QED) is 0.712. The first-order chi connectivity index (χ1) is 7.81. The molecule has 1 aliphatic carbocycles. The zero-order chi connectivity index (χ0) is 11.4. The molecule has 0 spiro atoms. The molecule has 0 saturated heterocycles. The number of hydrogen-bond acceptors (Lipinski definition) is 1. The van der Waals surface area contributed by atoms with Gasteiger partial charge in [0.05, 0.1) is 6.04 Å². The van der Waals surface area contributed by atoms with Crippen LogP contribution in [0.4, 0.5) is 0 Å². The molecule has 82 valence electrons. The van der Waals surface area contributed by atoms with E-state index in [1.807, 2.05) is 6.07 Å². The van der Waals surface area contributed by atoms with Crippen molar-refractivity contribution in [2.24, 2.45) is 0 Å². The summed E-state index contributed by atoms with van der Waals surface area (Å²) in [5.41, 5.74) is 2.60. The van der Waals surface area contributed by atoms with Crippen molar-refractivity contribution < 1.29 is 4.79 Å². The molecule has 1 aromatic rings. The average molecular weight is 213 g/mol. The Morgan fingerprint density at radius 3 is 3.06 bits per heavy atom. The lowest BCUT2D eigenvalue weighted by molar-refractivity contribution is -0.116. The molecule has 1 unspecified atom stereocenters. The number of carbonyl (C=O) groups is 1. The van der Waals surface area contributed by atoms with Gasteiger partial charge in [-0.25, -0.2) is 0 Å². The molecule has 0 radical (unpaired) electrons. The summed E-state index contributed by atoms with van der Waals surface area (Å²) in [5.74, 6) is 4.97. The summed E-state index contributed by atoms with van der Waals surface area (Å²) in [6, 6.07) is 8.44. The van der Waals surface area contributed by atoms with Crippen LogP contribution in [0.5, 0.6) is 0 Å². The van der Waals surface area contributed by atoms with E-state index in [0.29, 0.717) is 0 Å². The van der Waals surface area contributed by atoms with Gasteiger partial charge < -0.3 is 5.32 Å². The van der Waals surface area contributed by atoms with Crippen LogP contribution in [0.25, 0.3) is 0 Å². The monoisotopic (exact) mass is 213 g/mol. The highest BCUT2D eigenvalue weighted by Crippen LogP contribution is 2.29. The van der Waals surface area contributed by atoms with E-state index in [0.717, 1.165) is 19.3 Å². The molecular formula is C14H15NO. The van der Waals surface area contributed by atoms with Crippen LogP contribution in [0.3, 0.4) is 0 Å².